The van der Waals surface area contributed by atoms with Gasteiger partial charge in [-0.1, -0.05) is 80.1 Å². The molecule has 0 aromatic heterocycles. The van der Waals surface area contributed by atoms with Gasteiger partial charge in [-0.3, -0.25) is 0 Å². The summed E-state index contributed by atoms with van der Waals surface area (Å²) < 4.78 is 0. The van der Waals surface area contributed by atoms with Crippen molar-refractivity contribution in [1.29, 1.82) is 0 Å². The largest absolute Gasteiger partial charge is 0.393 e. The fourth-order valence-electron chi connectivity index (χ4n) is 9.32. The van der Waals surface area contributed by atoms with Gasteiger partial charge >= 0.3 is 0 Å². The molecule has 2 N–H and O–H groups in total. The Morgan fingerprint density at radius 3 is 2.39 bits per heavy atom. The number of hydrogen-bond acceptors (Lipinski definition) is 2. The molecule has 2 heteroatoms. The number of rotatable bonds is 5. The van der Waals surface area contributed by atoms with Crippen LogP contribution in [0.3, 0.4) is 0 Å². The van der Waals surface area contributed by atoms with Gasteiger partial charge in [0.25, 0.3) is 0 Å². The Hall–Kier alpha value is -1.90. The van der Waals surface area contributed by atoms with E-state index in [0.717, 1.165) is 49.9 Å². The van der Waals surface area contributed by atoms with Crippen molar-refractivity contribution in [3.05, 3.63) is 71.8 Å². The third-order valence-corrected chi connectivity index (χ3v) is 11.4. The van der Waals surface area contributed by atoms with Crippen molar-refractivity contribution in [2.24, 2.45) is 34.5 Å². The van der Waals surface area contributed by atoms with Crippen LogP contribution >= 0.6 is 0 Å². The summed E-state index contributed by atoms with van der Waals surface area (Å²) in [7, 11) is 0. The Morgan fingerprint density at radius 1 is 0.861 bits per heavy atom. The molecule has 3 fully saturated rings. The Morgan fingerprint density at radius 2 is 1.61 bits per heavy atom. The molecule has 192 valence electrons. The summed E-state index contributed by atoms with van der Waals surface area (Å²) in [6.07, 6.45) is 13.2. The van der Waals surface area contributed by atoms with Gasteiger partial charge in [-0.15, -0.1) is 0 Å². The molecular formula is C34H44O2. The number of allylic oxidation sites excluding steroid dienone is 1. The number of hydrogen-bond donors (Lipinski definition) is 2. The van der Waals surface area contributed by atoms with Crippen LogP contribution < -0.4 is 0 Å². The van der Waals surface area contributed by atoms with E-state index in [4.69, 9.17) is 0 Å². The number of aliphatic hydroxyl groups is 2. The maximum atomic E-state index is 11.5. The number of aliphatic hydroxyl groups excluding tert-OH is 2. The quantitative estimate of drug-likeness (QED) is 0.429. The first kappa shape index (κ1) is 24.4. The lowest BCUT2D eigenvalue weighted by molar-refractivity contribution is -0.0713. The summed E-state index contributed by atoms with van der Waals surface area (Å²) in [5.74, 6) is 2.69. The van der Waals surface area contributed by atoms with Crippen LogP contribution in [-0.4, -0.2) is 22.4 Å². The minimum Gasteiger partial charge on any atom is -0.393 e. The van der Waals surface area contributed by atoms with Crippen LogP contribution in [0.4, 0.5) is 0 Å². The molecule has 2 aromatic carbocycles. The molecule has 0 spiro atoms. The Kier molecular flexibility index (Phi) is 6.41. The fraction of sp³-hybridized carbons (Fsp3) is 0.588. The summed E-state index contributed by atoms with van der Waals surface area (Å²) in [6.45, 7) is 5.03. The first-order valence-electron chi connectivity index (χ1n) is 14.6. The van der Waals surface area contributed by atoms with Crippen LogP contribution in [0.1, 0.15) is 77.2 Å². The lowest BCUT2D eigenvalue weighted by atomic mass is 9.47. The maximum Gasteiger partial charge on any atom is 0.0577 e. The van der Waals surface area contributed by atoms with Gasteiger partial charge in [0.2, 0.25) is 0 Å². The van der Waals surface area contributed by atoms with Crippen molar-refractivity contribution in [3.63, 3.8) is 0 Å². The first-order valence-corrected chi connectivity index (χ1v) is 14.6. The van der Waals surface area contributed by atoms with E-state index in [1.54, 1.807) is 5.57 Å². The lowest BCUT2D eigenvalue weighted by Gasteiger charge is -2.58. The van der Waals surface area contributed by atoms with Gasteiger partial charge < -0.3 is 10.2 Å². The van der Waals surface area contributed by atoms with E-state index in [1.807, 2.05) is 0 Å². The van der Waals surface area contributed by atoms with E-state index in [-0.39, 0.29) is 17.6 Å². The highest BCUT2D eigenvalue weighted by Gasteiger charge is 2.59. The van der Waals surface area contributed by atoms with Crippen molar-refractivity contribution in [3.8, 4) is 11.1 Å². The van der Waals surface area contributed by atoms with E-state index in [1.165, 1.54) is 48.8 Å². The smallest absolute Gasteiger partial charge is 0.0577 e. The monoisotopic (exact) mass is 484 g/mol. The predicted octanol–water partition coefficient (Wildman–Crippen LogP) is 7.59. The first-order chi connectivity index (χ1) is 17.4. The van der Waals surface area contributed by atoms with Gasteiger partial charge in [-0.05, 0) is 115 Å². The van der Waals surface area contributed by atoms with Gasteiger partial charge in [0.15, 0.2) is 0 Å². The third-order valence-electron chi connectivity index (χ3n) is 11.4. The summed E-state index contributed by atoms with van der Waals surface area (Å²) >= 11 is 0. The van der Waals surface area contributed by atoms with Crippen LogP contribution in [0.5, 0.6) is 0 Å². The molecule has 0 amide bonds. The highest BCUT2D eigenvalue weighted by atomic mass is 16.3. The molecule has 0 bridgehead atoms. The van der Waals surface area contributed by atoms with E-state index >= 15 is 0 Å². The summed E-state index contributed by atoms with van der Waals surface area (Å²) in [5, 5.41) is 21.7. The highest BCUT2D eigenvalue weighted by molar-refractivity contribution is 5.63. The summed E-state index contributed by atoms with van der Waals surface area (Å²) in [6, 6.07) is 19.5. The molecule has 0 saturated heterocycles. The summed E-state index contributed by atoms with van der Waals surface area (Å²) in [4.78, 5) is 0. The second kappa shape index (κ2) is 9.44. The topological polar surface area (TPSA) is 40.5 Å². The molecule has 2 nitrogen and oxygen atoms in total. The Labute approximate surface area is 217 Å². The van der Waals surface area contributed by atoms with Crippen LogP contribution in [0.2, 0.25) is 0 Å². The molecule has 4 aliphatic rings. The molecule has 8 atom stereocenters. The van der Waals surface area contributed by atoms with E-state index in [2.05, 4.69) is 74.5 Å². The summed E-state index contributed by atoms with van der Waals surface area (Å²) in [5.41, 5.74) is 5.97. The molecule has 0 unspecified atom stereocenters. The fourth-order valence-corrected chi connectivity index (χ4v) is 9.32. The normalized spacial score (nSPS) is 38.4. The minimum absolute atomic E-state index is 0.129. The molecule has 0 aliphatic heterocycles. The van der Waals surface area contributed by atoms with Gasteiger partial charge in [0.05, 0.1) is 12.2 Å². The van der Waals surface area contributed by atoms with Crippen molar-refractivity contribution < 1.29 is 10.2 Å². The maximum absolute atomic E-state index is 11.5. The lowest BCUT2D eigenvalue weighted by Crippen LogP contribution is -2.51. The molecule has 4 aliphatic carbocycles. The zero-order valence-electron chi connectivity index (χ0n) is 22.2. The molecule has 3 saturated carbocycles. The molecule has 0 heterocycles. The van der Waals surface area contributed by atoms with E-state index < -0.39 is 0 Å². The Balaban J connectivity index is 1.12. The molecule has 36 heavy (non-hydrogen) atoms. The average Bonchev–Trinajstić information content (AvgIpc) is 3.26. The predicted molar refractivity (Wildman–Crippen MR) is 147 cm³/mol. The van der Waals surface area contributed by atoms with Crippen molar-refractivity contribution in [2.45, 2.75) is 90.3 Å². The number of benzene rings is 2. The highest BCUT2D eigenvalue weighted by Crippen LogP contribution is 2.66. The second-order valence-corrected chi connectivity index (χ2v) is 13.1. The zero-order chi connectivity index (χ0) is 24.9. The van der Waals surface area contributed by atoms with Crippen molar-refractivity contribution in [2.75, 3.05) is 0 Å². The van der Waals surface area contributed by atoms with Gasteiger partial charge in [-0.25, -0.2) is 0 Å². The standard InChI is InChI=1S/C34H44O2/c1-33-20-18-27(35)22-26(33)13-14-28-29-15-16-31(34(29,2)21-19-30(28)33)32(36)17-10-23-8-11-25(12-9-23)24-6-4-3-5-7-24/h3-9,11-13,27-32,35-36H,10,14-22H2,1-2H3/t27-,28-,29-,30-,31+,32+,33-,34-/m0/s1. The Bertz CT molecular complexity index is 1090. The number of fused-ring (bicyclic) bond motifs is 5. The second-order valence-electron chi connectivity index (χ2n) is 13.1. The van der Waals surface area contributed by atoms with Gasteiger partial charge in [0, 0.05) is 0 Å². The van der Waals surface area contributed by atoms with Crippen molar-refractivity contribution >= 4 is 0 Å². The average molecular weight is 485 g/mol. The number of aryl methyl sites for hydroxylation is 1. The SMILES string of the molecule is C[C@]12CC[C@H]3[C@@H](CC=C4C[C@@H](O)CC[C@@]43C)[C@@H]1CC[C@@H]2[C@H](O)CCc1ccc(-c2ccccc2)cc1. The van der Waals surface area contributed by atoms with E-state index in [9.17, 15) is 10.2 Å². The van der Waals surface area contributed by atoms with Gasteiger partial charge in [0.1, 0.15) is 0 Å². The third kappa shape index (κ3) is 4.09. The molecule has 6 rings (SSSR count). The molecular weight excluding hydrogens is 440 g/mol. The van der Waals surface area contributed by atoms with Crippen LogP contribution in [0, 0.1) is 34.5 Å². The molecule has 0 radical (unpaired) electrons. The van der Waals surface area contributed by atoms with E-state index in [0.29, 0.717) is 11.3 Å². The van der Waals surface area contributed by atoms with Crippen molar-refractivity contribution in [1.82, 2.24) is 0 Å². The van der Waals surface area contributed by atoms with Crippen LogP contribution in [-0.2, 0) is 6.42 Å². The van der Waals surface area contributed by atoms with Crippen LogP contribution in [0.15, 0.2) is 66.2 Å². The minimum atomic E-state index is -0.208. The zero-order valence-corrected chi connectivity index (χ0v) is 22.2. The van der Waals surface area contributed by atoms with Gasteiger partial charge in [-0.2, -0.15) is 0 Å². The van der Waals surface area contributed by atoms with Crippen LogP contribution in [0.25, 0.3) is 11.1 Å². The molecule has 2 aromatic rings.